The molecule has 1 heterocycles. The monoisotopic (exact) mass is 430 g/mol. The minimum Gasteiger partial charge on any atom is -0.465 e. The second-order valence-electron chi connectivity index (χ2n) is 7.38. The number of carboxylic acid groups (broad SMARTS) is 1. The Morgan fingerprint density at radius 1 is 1.19 bits per heavy atom. The van der Waals surface area contributed by atoms with E-state index in [0.29, 0.717) is 37.1 Å². The number of rotatable bonds is 4. The van der Waals surface area contributed by atoms with Gasteiger partial charge in [0.1, 0.15) is 0 Å². The molecule has 0 atom stereocenters. The molecule has 0 saturated carbocycles. The first-order valence-electron chi connectivity index (χ1n) is 8.98. The normalized spacial score (nSPS) is 15.1. The van der Waals surface area contributed by atoms with Gasteiger partial charge in [-0.2, -0.15) is 0 Å². The number of fused-ring (bicyclic) bond motifs is 1. The summed E-state index contributed by atoms with van der Waals surface area (Å²) < 4.78 is 0.763. The van der Waals surface area contributed by atoms with Gasteiger partial charge in [-0.05, 0) is 66.7 Å². The van der Waals surface area contributed by atoms with Gasteiger partial charge in [-0.3, -0.25) is 9.69 Å². The number of anilines is 2. The molecule has 27 heavy (non-hydrogen) atoms. The van der Waals surface area contributed by atoms with Gasteiger partial charge in [-0.1, -0.05) is 30.3 Å². The van der Waals surface area contributed by atoms with Crippen LogP contribution in [0.3, 0.4) is 0 Å². The first kappa shape index (κ1) is 19.4. The molecule has 2 N–H and O–H groups in total. The quantitative estimate of drug-likeness (QED) is 0.697. The molecule has 1 aliphatic rings. The topological polar surface area (TPSA) is 69.6 Å². The molecule has 0 unspecified atom stereocenters. The molecule has 0 fully saturated rings. The molecule has 1 aliphatic heterocycles. The van der Waals surface area contributed by atoms with E-state index < -0.39 is 11.6 Å². The van der Waals surface area contributed by atoms with Crippen molar-refractivity contribution in [3.63, 3.8) is 0 Å². The summed E-state index contributed by atoms with van der Waals surface area (Å²) in [6, 6.07) is 13.5. The van der Waals surface area contributed by atoms with E-state index in [0.717, 1.165) is 15.6 Å². The maximum atomic E-state index is 12.5. The highest BCUT2D eigenvalue weighted by Gasteiger charge is 2.38. The molecular weight excluding hydrogens is 408 g/mol. The Hall–Kier alpha value is -2.34. The van der Waals surface area contributed by atoms with Crippen molar-refractivity contribution in [3.8, 4) is 0 Å². The molecule has 0 aliphatic carbocycles. The van der Waals surface area contributed by atoms with Crippen LogP contribution in [-0.4, -0.2) is 22.6 Å². The van der Waals surface area contributed by atoms with Crippen molar-refractivity contribution in [2.75, 3.05) is 10.2 Å². The first-order valence-corrected chi connectivity index (χ1v) is 9.77. The van der Waals surface area contributed by atoms with Gasteiger partial charge >= 0.3 is 6.09 Å². The van der Waals surface area contributed by atoms with Crippen molar-refractivity contribution in [3.05, 3.63) is 58.1 Å². The smallest absolute Gasteiger partial charge is 0.412 e. The largest absolute Gasteiger partial charge is 0.465 e. The average Bonchev–Trinajstić information content (AvgIpc) is 2.62. The number of nitrogens with zero attached hydrogens (tertiary/aromatic N) is 1. The molecule has 2 aromatic carbocycles. The number of halogens is 1. The zero-order valence-corrected chi connectivity index (χ0v) is 17.0. The van der Waals surface area contributed by atoms with Crippen LogP contribution in [0.1, 0.15) is 37.8 Å². The van der Waals surface area contributed by atoms with Gasteiger partial charge < -0.3 is 10.4 Å². The number of amides is 2. The highest BCUT2D eigenvalue weighted by Crippen LogP contribution is 2.43. The fourth-order valence-electron chi connectivity index (χ4n) is 3.54. The Kier molecular flexibility index (Phi) is 5.56. The van der Waals surface area contributed by atoms with E-state index in [-0.39, 0.29) is 5.91 Å². The van der Waals surface area contributed by atoms with Gasteiger partial charge in [0.15, 0.2) is 0 Å². The summed E-state index contributed by atoms with van der Waals surface area (Å²) in [7, 11) is 0. The fourth-order valence-corrected chi connectivity index (χ4v) is 4.01. The molecule has 142 valence electrons. The standard InChI is InChI=1S/C21H23BrN2O3/c1-21(2)13-12-15-17(24(21)20(26)27)10-9-16(22)19(15)23-18(25)11-8-14-6-4-3-5-7-14/h3-7,9-10H,8,11-13H2,1-2H3,(H,23,25)(H,26,27). The Bertz CT molecular complexity index is 865. The molecule has 5 nitrogen and oxygen atoms in total. The third-order valence-electron chi connectivity index (χ3n) is 5.01. The Morgan fingerprint density at radius 2 is 1.89 bits per heavy atom. The van der Waals surface area contributed by atoms with Gasteiger partial charge in [0.2, 0.25) is 5.91 Å². The van der Waals surface area contributed by atoms with E-state index in [1.165, 1.54) is 4.90 Å². The number of benzene rings is 2. The van der Waals surface area contributed by atoms with Crippen LogP contribution in [0.25, 0.3) is 0 Å². The summed E-state index contributed by atoms with van der Waals surface area (Å²) in [6.07, 6.45) is 1.45. The molecule has 0 spiro atoms. The maximum absolute atomic E-state index is 12.5. The van der Waals surface area contributed by atoms with Crippen LogP contribution in [0, 0.1) is 0 Å². The summed E-state index contributed by atoms with van der Waals surface area (Å²) in [5.74, 6) is -0.0836. The summed E-state index contributed by atoms with van der Waals surface area (Å²) in [5.41, 5.74) is 2.80. The average molecular weight is 431 g/mol. The van der Waals surface area contributed by atoms with Crippen LogP contribution >= 0.6 is 15.9 Å². The lowest BCUT2D eigenvalue weighted by atomic mass is 9.86. The lowest BCUT2D eigenvalue weighted by Gasteiger charge is -2.42. The van der Waals surface area contributed by atoms with E-state index in [1.807, 2.05) is 44.2 Å². The number of carbonyl (C=O) groups excluding carboxylic acids is 1. The molecule has 0 aromatic heterocycles. The number of hydrogen-bond donors (Lipinski definition) is 2. The van der Waals surface area contributed by atoms with Crippen molar-refractivity contribution in [2.45, 2.75) is 45.1 Å². The van der Waals surface area contributed by atoms with Gasteiger partial charge in [0.05, 0.1) is 11.4 Å². The summed E-state index contributed by atoms with van der Waals surface area (Å²) in [4.78, 5) is 25.7. The van der Waals surface area contributed by atoms with Crippen LogP contribution in [0.15, 0.2) is 46.9 Å². The summed E-state index contributed by atoms with van der Waals surface area (Å²) in [6.45, 7) is 3.84. The van der Waals surface area contributed by atoms with E-state index in [1.54, 1.807) is 12.1 Å². The van der Waals surface area contributed by atoms with E-state index >= 15 is 0 Å². The third-order valence-corrected chi connectivity index (χ3v) is 5.67. The predicted molar refractivity (Wildman–Crippen MR) is 110 cm³/mol. The van der Waals surface area contributed by atoms with Crippen molar-refractivity contribution in [1.29, 1.82) is 0 Å². The van der Waals surface area contributed by atoms with Crippen molar-refractivity contribution in [2.24, 2.45) is 0 Å². The van der Waals surface area contributed by atoms with Gasteiger partial charge in [0.25, 0.3) is 0 Å². The number of hydrogen-bond acceptors (Lipinski definition) is 2. The minimum atomic E-state index is -0.982. The Labute approximate surface area is 167 Å². The molecule has 3 rings (SSSR count). The van der Waals surface area contributed by atoms with Gasteiger partial charge in [-0.15, -0.1) is 0 Å². The maximum Gasteiger partial charge on any atom is 0.412 e. The molecule has 2 aromatic rings. The fraction of sp³-hybridized carbons (Fsp3) is 0.333. The second kappa shape index (κ2) is 7.72. The van der Waals surface area contributed by atoms with Crippen LogP contribution in [-0.2, 0) is 17.6 Å². The predicted octanol–water partition coefficient (Wildman–Crippen LogP) is 5.23. The van der Waals surface area contributed by atoms with E-state index in [4.69, 9.17) is 0 Å². The molecule has 0 radical (unpaired) electrons. The van der Waals surface area contributed by atoms with Crippen molar-refractivity contribution >= 4 is 39.3 Å². The van der Waals surface area contributed by atoms with Gasteiger partial charge in [0, 0.05) is 22.0 Å². The lowest BCUT2D eigenvalue weighted by molar-refractivity contribution is -0.116. The van der Waals surface area contributed by atoms with Gasteiger partial charge in [-0.25, -0.2) is 4.79 Å². The van der Waals surface area contributed by atoms with Crippen LogP contribution < -0.4 is 10.2 Å². The first-order chi connectivity index (χ1) is 12.8. The van der Waals surface area contributed by atoms with Crippen LogP contribution in [0.4, 0.5) is 16.2 Å². The molecule has 6 heteroatoms. The summed E-state index contributed by atoms with van der Waals surface area (Å²) in [5, 5.41) is 12.7. The minimum absolute atomic E-state index is 0.0836. The van der Waals surface area contributed by atoms with Crippen LogP contribution in [0.2, 0.25) is 0 Å². The highest BCUT2D eigenvalue weighted by molar-refractivity contribution is 9.10. The highest BCUT2D eigenvalue weighted by atomic mass is 79.9. The molecular formula is C21H23BrN2O3. The Balaban J connectivity index is 1.83. The lowest BCUT2D eigenvalue weighted by Crippen LogP contribution is -2.50. The number of aryl methyl sites for hydroxylation is 1. The zero-order chi connectivity index (χ0) is 19.6. The molecule has 2 amide bonds. The van der Waals surface area contributed by atoms with E-state index in [9.17, 15) is 14.7 Å². The SMILES string of the molecule is CC1(C)CCc2c(ccc(Br)c2NC(=O)CCc2ccccc2)N1C(=O)O. The molecule has 0 bridgehead atoms. The van der Waals surface area contributed by atoms with Crippen molar-refractivity contribution < 1.29 is 14.7 Å². The summed E-state index contributed by atoms with van der Waals surface area (Å²) >= 11 is 3.50. The number of nitrogens with one attached hydrogen (secondary N) is 1. The Morgan fingerprint density at radius 3 is 2.56 bits per heavy atom. The van der Waals surface area contributed by atoms with Crippen molar-refractivity contribution in [1.82, 2.24) is 0 Å². The molecule has 0 saturated heterocycles. The number of carbonyl (C=O) groups is 2. The van der Waals surface area contributed by atoms with E-state index in [2.05, 4.69) is 21.2 Å². The second-order valence-corrected chi connectivity index (χ2v) is 8.24. The zero-order valence-electron chi connectivity index (χ0n) is 15.5. The van der Waals surface area contributed by atoms with Crippen LogP contribution in [0.5, 0.6) is 0 Å². The third kappa shape index (κ3) is 4.16.